The summed E-state index contributed by atoms with van der Waals surface area (Å²) >= 11 is 0. The van der Waals surface area contributed by atoms with Crippen molar-refractivity contribution in [2.75, 3.05) is 26.2 Å². The number of nitrogens with zero attached hydrogens (tertiary/aromatic N) is 1. The second-order valence-electron chi connectivity index (χ2n) is 4.94. The fourth-order valence-corrected chi connectivity index (χ4v) is 2.54. The van der Waals surface area contributed by atoms with Crippen LogP contribution in [0.4, 0.5) is 13.2 Å². The fourth-order valence-electron chi connectivity index (χ4n) is 2.54. The molecule has 3 nitrogen and oxygen atoms in total. The molecule has 1 fully saturated rings. The number of ether oxygens (including phenoxy) is 1. The van der Waals surface area contributed by atoms with Crippen LogP contribution in [0.15, 0.2) is 36.9 Å². The van der Waals surface area contributed by atoms with Crippen LogP contribution >= 0.6 is 12.4 Å². The fraction of sp³-hybridized carbons (Fsp3) is 0.467. The molecule has 0 spiro atoms. The smallest absolute Gasteiger partial charge is 0.406 e. The lowest BCUT2D eigenvalue weighted by atomic mass is 10.0. The maximum atomic E-state index is 12.2. The van der Waals surface area contributed by atoms with Gasteiger partial charge in [0.1, 0.15) is 5.75 Å². The SMILES string of the molecule is C=CC[C@@H](c1ccc(OC(F)(F)F)cc1)N1CCNCC1.Cl. The molecule has 0 saturated carbocycles. The number of rotatable bonds is 5. The van der Waals surface area contributed by atoms with Crippen LogP contribution < -0.4 is 10.1 Å². The molecule has 1 N–H and O–H groups in total. The number of hydrogen-bond donors (Lipinski definition) is 1. The number of piperazine rings is 1. The molecule has 1 aromatic rings. The quantitative estimate of drug-likeness (QED) is 0.833. The Bertz CT molecular complexity index is 459. The standard InChI is InChI=1S/C15H19F3N2O.ClH/c1-2-3-14(20-10-8-19-9-11-20)12-4-6-13(7-5-12)21-15(16,17)18;/h2,4-7,14,19H,1,3,8-11H2;1H/t14-;/m0./s1. The highest BCUT2D eigenvalue weighted by atomic mass is 35.5. The zero-order chi connectivity index (χ0) is 15.3. The lowest BCUT2D eigenvalue weighted by Crippen LogP contribution is -2.45. The van der Waals surface area contributed by atoms with Crippen molar-refractivity contribution in [1.82, 2.24) is 10.2 Å². The minimum Gasteiger partial charge on any atom is -0.406 e. The van der Waals surface area contributed by atoms with Crippen molar-refractivity contribution in [2.45, 2.75) is 18.8 Å². The van der Waals surface area contributed by atoms with Crippen LogP contribution in [-0.2, 0) is 0 Å². The Morgan fingerprint density at radius 3 is 2.32 bits per heavy atom. The van der Waals surface area contributed by atoms with Gasteiger partial charge in [-0.1, -0.05) is 18.2 Å². The Hall–Kier alpha value is -1.24. The molecule has 124 valence electrons. The molecule has 1 saturated heterocycles. The number of hydrogen-bond acceptors (Lipinski definition) is 3. The van der Waals surface area contributed by atoms with Crippen LogP contribution in [0, 0.1) is 0 Å². The van der Waals surface area contributed by atoms with Gasteiger partial charge in [0.25, 0.3) is 0 Å². The Kier molecular flexibility index (Phi) is 7.19. The molecular weight excluding hydrogens is 317 g/mol. The van der Waals surface area contributed by atoms with Crippen LogP contribution in [0.25, 0.3) is 0 Å². The lowest BCUT2D eigenvalue weighted by molar-refractivity contribution is -0.274. The first-order valence-electron chi connectivity index (χ1n) is 6.91. The predicted molar refractivity (Wildman–Crippen MR) is 82.4 cm³/mol. The number of halogens is 4. The van der Waals surface area contributed by atoms with E-state index < -0.39 is 6.36 Å². The van der Waals surface area contributed by atoms with Crippen molar-refractivity contribution in [2.24, 2.45) is 0 Å². The summed E-state index contributed by atoms with van der Waals surface area (Å²) in [7, 11) is 0. The van der Waals surface area contributed by atoms with Crippen molar-refractivity contribution in [3.05, 3.63) is 42.5 Å². The Balaban J connectivity index is 0.00000242. The summed E-state index contributed by atoms with van der Waals surface area (Å²) in [5.41, 5.74) is 0.978. The normalized spacial score (nSPS) is 17.4. The van der Waals surface area contributed by atoms with Gasteiger partial charge in [0, 0.05) is 32.2 Å². The summed E-state index contributed by atoms with van der Waals surface area (Å²) in [5.74, 6) is -0.191. The number of alkyl halides is 3. The molecule has 1 heterocycles. The lowest BCUT2D eigenvalue weighted by Gasteiger charge is -2.34. The maximum absolute atomic E-state index is 12.2. The molecular formula is C15H20ClF3N2O. The van der Waals surface area contributed by atoms with E-state index >= 15 is 0 Å². The van der Waals surface area contributed by atoms with E-state index in [9.17, 15) is 13.2 Å². The van der Waals surface area contributed by atoms with Crippen molar-refractivity contribution in [1.29, 1.82) is 0 Å². The molecule has 0 amide bonds. The van der Waals surface area contributed by atoms with Crippen LogP contribution in [0.5, 0.6) is 5.75 Å². The van der Waals surface area contributed by atoms with Crippen LogP contribution in [0.3, 0.4) is 0 Å². The highest BCUT2D eigenvalue weighted by Crippen LogP contribution is 2.28. The molecule has 2 rings (SSSR count). The van der Waals surface area contributed by atoms with Gasteiger partial charge >= 0.3 is 6.36 Å². The Morgan fingerprint density at radius 2 is 1.82 bits per heavy atom. The first-order valence-corrected chi connectivity index (χ1v) is 6.91. The van der Waals surface area contributed by atoms with Crippen molar-refractivity contribution in [3.8, 4) is 5.75 Å². The molecule has 0 unspecified atom stereocenters. The van der Waals surface area contributed by atoms with E-state index in [0.29, 0.717) is 0 Å². The van der Waals surface area contributed by atoms with E-state index in [1.807, 2.05) is 6.08 Å². The highest BCUT2D eigenvalue weighted by Gasteiger charge is 2.31. The van der Waals surface area contributed by atoms with Gasteiger partial charge < -0.3 is 10.1 Å². The first kappa shape index (κ1) is 18.8. The third-order valence-electron chi connectivity index (χ3n) is 3.48. The Morgan fingerprint density at radius 1 is 1.23 bits per heavy atom. The van der Waals surface area contributed by atoms with Crippen molar-refractivity contribution >= 4 is 12.4 Å². The molecule has 0 aliphatic carbocycles. The highest BCUT2D eigenvalue weighted by molar-refractivity contribution is 5.85. The van der Waals surface area contributed by atoms with Gasteiger partial charge in [0.2, 0.25) is 0 Å². The van der Waals surface area contributed by atoms with Gasteiger partial charge in [0.05, 0.1) is 0 Å². The van der Waals surface area contributed by atoms with Crippen molar-refractivity contribution in [3.63, 3.8) is 0 Å². The summed E-state index contributed by atoms with van der Waals surface area (Å²) in [6.45, 7) is 7.44. The van der Waals surface area contributed by atoms with Gasteiger partial charge in [-0.25, -0.2) is 0 Å². The van der Waals surface area contributed by atoms with Crippen LogP contribution in [0.1, 0.15) is 18.0 Å². The summed E-state index contributed by atoms with van der Waals surface area (Å²) in [6, 6.07) is 6.25. The summed E-state index contributed by atoms with van der Waals surface area (Å²) in [4.78, 5) is 2.32. The maximum Gasteiger partial charge on any atom is 0.573 e. The van der Waals surface area contributed by atoms with Crippen molar-refractivity contribution < 1.29 is 17.9 Å². The molecule has 7 heteroatoms. The average Bonchev–Trinajstić information content (AvgIpc) is 2.45. The van der Waals surface area contributed by atoms with Gasteiger partial charge in [-0.3, -0.25) is 4.90 Å². The Labute approximate surface area is 134 Å². The van der Waals surface area contributed by atoms with Crippen LogP contribution in [-0.4, -0.2) is 37.4 Å². The molecule has 1 aliphatic heterocycles. The summed E-state index contributed by atoms with van der Waals surface area (Å²) < 4.78 is 40.4. The molecule has 0 bridgehead atoms. The van der Waals surface area contributed by atoms with E-state index in [4.69, 9.17) is 0 Å². The topological polar surface area (TPSA) is 24.5 Å². The molecule has 1 aromatic carbocycles. The summed E-state index contributed by atoms with van der Waals surface area (Å²) in [6.07, 6.45) is -2.05. The van der Waals surface area contributed by atoms with E-state index in [2.05, 4.69) is 21.5 Å². The zero-order valence-electron chi connectivity index (χ0n) is 12.1. The third-order valence-corrected chi connectivity index (χ3v) is 3.48. The molecule has 0 radical (unpaired) electrons. The molecule has 1 atom stereocenters. The first-order chi connectivity index (χ1) is 9.99. The van der Waals surface area contributed by atoms with Crippen LogP contribution in [0.2, 0.25) is 0 Å². The minimum absolute atomic E-state index is 0. The second-order valence-corrected chi connectivity index (χ2v) is 4.94. The largest absolute Gasteiger partial charge is 0.573 e. The second kappa shape index (κ2) is 8.41. The molecule has 22 heavy (non-hydrogen) atoms. The van der Waals surface area contributed by atoms with Gasteiger partial charge in [-0.2, -0.15) is 0 Å². The van der Waals surface area contributed by atoms with E-state index in [1.165, 1.54) is 12.1 Å². The minimum atomic E-state index is -4.65. The zero-order valence-corrected chi connectivity index (χ0v) is 12.9. The van der Waals surface area contributed by atoms with E-state index in [-0.39, 0.29) is 24.2 Å². The molecule has 1 aliphatic rings. The average molecular weight is 337 g/mol. The van der Waals surface area contributed by atoms with Gasteiger partial charge in [-0.15, -0.1) is 32.2 Å². The van der Waals surface area contributed by atoms with E-state index in [0.717, 1.165) is 38.2 Å². The van der Waals surface area contributed by atoms with Gasteiger partial charge in [-0.05, 0) is 24.1 Å². The third kappa shape index (κ3) is 5.51. The van der Waals surface area contributed by atoms with E-state index in [1.54, 1.807) is 12.1 Å². The molecule has 0 aromatic heterocycles. The summed E-state index contributed by atoms with van der Waals surface area (Å²) in [5, 5.41) is 3.29. The number of nitrogens with one attached hydrogen (secondary N) is 1. The monoisotopic (exact) mass is 336 g/mol. The predicted octanol–water partition coefficient (Wildman–Crippen LogP) is 3.53. The number of benzene rings is 1. The van der Waals surface area contributed by atoms with Gasteiger partial charge in [0.15, 0.2) is 0 Å².